The van der Waals surface area contributed by atoms with Crippen molar-refractivity contribution in [3.63, 3.8) is 0 Å². The minimum atomic E-state index is -1.38. The molecule has 1 amide bonds. The van der Waals surface area contributed by atoms with E-state index in [0.29, 0.717) is 36.8 Å². The number of hydrogen-bond acceptors (Lipinski definition) is 5. The van der Waals surface area contributed by atoms with Crippen LogP contribution in [0.15, 0.2) is 4.40 Å². The van der Waals surface area contributed by atoms with Crippen LogP contribution in [-0.2, 0) is 17.8 Å². The number of piperidine rings is 1. The lowest BCUT2D eigenvalue weighted by molar-refractivity contribution is 0.114. The second-order valence-corrected chi connectivity index (χ2v) is 10.8. The Kier molecular flexibility index (Phi) is 4.61. The van der Waals surface area contributed by atoms with Crippen molar-refractivity contribution < 1.29 is 14.5 Å². The molecule has 1 aromatic rings. The molecule has 1 unspecified atom stereocenters. The fourth-order valence-corrected chi connectivity index (χ4v) is 5.21. The van der Waals surface area contributed by atoms with Crippen molar-refractivity contribution in [3.05, 3.63) is 15.0 Å². The van der Waals surface area contributed by atoms with Gasteiger partial charge in [0, 0.05) is 24.9 Å². The van der Waals surface area contributed by atoms with Crippen molar-refractivity contribution in [1.29, 1.82) is 0 Å². The fourth-order valence-electron chi connectivity index (χ4n) is 3.17. The lowest BCUT2D eigenvalue weighted by atomic mass is 9.75. The molecule has 1 aliphatic carbocycles. The average molecular weight is 390 g/mol. The molecule has 2 aliphatic rings. The second-order valence-electron chi connectivity index (χ2n) is 7.27. The topological polar surface area (TPSA) is 88.9 Å². The van der Waals surface area contributed by atoms with Gasteiger partial charge in [-0.25, -0.2) is 9.78 Å². The number of amides is 1. The molecule has 1 aromatic heterocycles. The summed E-state index contributed by atoms with van der Waals surface area (Å²) in [5.41, 5.74) is 1.43. The standard InChI is InChI=1S/C15H20ClN3O3S2/c1-14(2,3)24(22)18-11-10-9(17-12(16)23-10)8-15(11)4-6-19(7-5-15)13(20)21/h4-8H2,1-3H3,(H,20,21)/b18-11+. The fraction of sp³-hybridized carbons (Fsp3) is 0.667. The Hall–Kier alpha value is -0.830. The highest BCUT2D eigenvalue weighted by molar-refractivity contribution is 7.91. The second kappa shape index (κ2) is 6.16. The molecule has 1 N–H and O–H groups in total. The summed E-state index contributed by atoms with van der Waals surface area (Å²) in [7, 11) is 0. The molecule has 3 rings (SSSR count). The molecule has 1 fully saturated rings. The number of thiazole rings is 1. The molecular formula is C15H20ClN3O3S2. The Morgan fingerprint density at radius 1 is 1.46 bits per heavy atom. The molecule has 1 spiro atoms. The Morgan fingerprint density at radius 2 is 2.08 bits per heavy atom. The molecule has 0 saturated carbocycles. The highest BCUT2D eigenvalue weighted by atomic mass is 35.5. The molecule has 0 radical (unpaired) electrons. The monoisotopic (exact) mass is 389 g/mol. The van der Waals surface area contributed by atoms with E-state index in [1.54, 1.807) is 0 Å². The van der Waals surface area contributed by atoms with E-state index in [0.717, 1.165) is 16.3 Å². The molecule has 1 saturated heterocycles. The van der Waals surface area contributed by atoms with E-state index in [1.165, 1.54) is 16.2 Å². The zero-order valence-electron chi connectivity index (χ0n) is 13.8. The summed E-state index contributed by atoms with van der Waals surface area (Å²) in [6.45, 7) is 6.59. The summed E-state index contributed by atoms with van der Waals surface area (Å²) in [6.07, 6.45) is 1.13. The largest absolute Gasteiger partial charge is 0.591 e. The van der Waals surface area contributed by atoms with Crippen LogP contribution >= 0.6 is 22.9 Å². The average Bonchev–Trinajstić information content (AvgIpc) is 2.94. The van der Waals surface area contributed by atoms with Gasteiger partial charge in [0.2, 0.25) is 0 Å². The van der Waals surface area contributed by atoms with Gasteiger partial charge in [-0.2, -0.15) is 0 Å². The lowest BCUT2D eigenvalue weighted by Crippen LogP contribution is -2.45. The minimum Gasteiger partial charge on any atom is -0.591 e. The summed E-state index contributed by atoms with van der Waals surface area (Å²) in [4.78, 5) is 17.9. The molecule has 24 heavy (non-hydrogen) atoms. The molecule has 0 aromatic carbocycles. The van der Waals surface area contributed by atoms with Gasteiger partial charge in [0.25, 0.3) is 0 Å². The highest BCUT2D eigenvalue weighted by Gasteiger charge is 2.50. The van der Waals surface area contributed by atoms with Gasteiger partial charge in [-0.15, -0.1) is 11.3 Å². The molecule has 6 nitrogen and oxygen atoms in total. The molecular weight excluding hydrogens is 370 g/mol. The maximum atomic E-state index is 12.6. The van der Waals surface area contributed by atoms with Crippen molar-refractivity contribution >= 4 is 46.1 Å². The smallest absolute Gasteiger partial charge is 0.407 e. The SMILES string of the molecule is CC(C)(C)[S+]([O-])/N=C1\c2sc(Cl)nc2CC12CCN(C(=O)O)CC2. The van der Waals surface area contributed by atoms with Gasteiger partial charge in [0.1, 0.15) is 21.8 Å². The number of hydrogen-bond donors (Lipinski definition) is 1. The van der Waals surface area contributed by atoms with Gasteiger partial charge in [0.05, 0.1) is 10.6 Å². The van der Waals surface area contributed by atoms with E-state index in [-0.39, 0.29) is 5.41 Å². The van der Waals surface area contributed by atoms with E-state index in [1.807, 2.05) is 20.8 Å². The van der Waals surface area contributed by atoms with Crippen molar-refractivity contribution in [3.8, 4) is 0 Å². The van der Waals surface area contributed by atoms with E-state index in [9.17, 15) is 14.5 Å². The summed E-state index contributed by atoms with van der Waals surface area (Å²) >= 11 is 6.05. The van der Waals surface area contributed by atoms with Gasteiger partial charge < -0.3 is 14.6 Å². The lowest BCUT2D eigenvalue weighted by Gasteiger charge is -2.38. The number of carbonyl (C=O) groups is 1. The van der Waals surface area contributed by atoms with Crippen LogP contribution in [0.4, 0.5) is 4.79 Å². The van der Waals surface area contributed by atoms with Crippen LogP contribution in [0.2, 0.25) is 4.47 Å². The third-order valence-corrected chi connectivity index (χ3v) is 7.19. The Labute approximate surface area is 153 Å². The number of likely N-dealkylation sites (tertiary alicyclic amines) is 1. The quantitative estimate of drug-likeness (QED) is 0.745. The van der Waals surface area contributed by atoms with Gasteiger partial charge in [-0.3, -0.25) is 0 Å². The van der Waals surface area contributed by atoms with Gasteiger partial charge in [0.15, 0.2) is 4.47 Å². The van der Waals surface area contributed by atoms with Crippen molar-refractivity contribution in [2.75, 3.05) is 13.1 Å². The van der Waals surface area contributed by atoms with E-state index in [2.05, 4.69) is 9.38 Å². The molecule has 9 heteroatoms. The van der Waals surface area contributed by atoms with Crippen molar-refractivity contribution in [2.24, 2.45) is 9.81 Å². The number of aromatic nitrogens is 1. The van der Waals surface area contributed by atoms with Crippen LogP contribution in [0.5, 0.6) is 0 Å². The van der Waals surface area contributed by atoms with Crippen molar-refractivity contribution in [1.82, 2.24) is 9.88 Å². The van der Waals surface area contributed by atoms with E-state index in [4.69, 9.17) is 11.6 Å². The Morgan fingerprint density at radius 3 is 2.62 bits per heavy atom. The molecule has 132 valence electrons. The Bertz CT molecular complexity index is 691. The number of rotatable bonds is 1. The van der Waals surface area contributed by atoms with Gasteiger partial charge in [-0.05, 0) is 33.6 Å². The highest BCUT2D eigenvalue weighted by Crippen LogP contribution is 2.48. The van der Waals surface area contributed by atoms with Gasteiger partial charge >= 0.3 is 6.09 Å². The first-order chi connectivity index (χ1) is 11.1. The predicted octanol–water partition coefficient (Wildman–Crippen LogP) is 3.36. The zero-order chi connectivity index (χ0) is 17.7. The number of nitrogens with zero attached hydrogens (tertiary/aromatic N) is 3. The molecule has 1 aliphatic heterocycles. The zero-order valence-corrected chi connectivity index (χ0v) is 16.2. The predicted molar refractivity (Wildman–Crippen MR) is 96.5 cm³/mol. The minimum absolute atomic E-state index is 0.272. The van der Waals surface area contributed by atoms with E-state index >= 15 is 0 Å². The van der Waals surface area contributed by atoms with Crippen LogP contribution in [0, 0.1) is 5.41 Å². The maximum Gasteiger partial charge on any atom is 0.407 e. The van der Waals surface area contributed by atoms with E-state index < -0.39 is 22.2 Å². The normalized spacial score (nSPS) is 22.9. The molecule has 2 heterocycles. The summed E-state index contributed by atoms with van der Waals surface area (Å²) in [5.74, 6) is 0. The maximum absolute atomic E-state index is 12.6. The van der Waals surface area contributed by atoms with Crippen LogP contribution < -0.4 is 0 Å². The third-order valence-electron chi connectivity index (χ3n) is 4.58. The summed E-state index contributed by atoms with van der Waals surface area (Å²) in [5, 5.41) is 9.18. The summed E-state index contributed by atoms with van der Waals surface area (Å²) in [6, 6.07) is 0. The Balaban J connectivity index is 1.96. The molecule has 1 atom stereocenters. The number of carboxylic acid groups (broad SMARTS) is 1. The first kappa shape index (κ1) is 18.0. The van der Waals surface area contributed by atoms with Crippen LogP contribution in [0.1, 0.15) is 44.2 Å². The van der Waals surface area contributed by atoms with Crippen LogP contribution in [-0.4, -0.2) is 49.2 Å². The van der Waals surface area contributed by atoms with Crippen LogP contribution in [0.3, 0.4) is 0 Å². The number of halogens is 1. The van der Waals surface area contributed by atoms with Crippen LogP contribution in [0.25, 0.3) is 0 Å². The van der Waals surface area contributed by atoms with Gasteiger partial charge in [-0.1, -0.05) is 16.0 Å². The first-order valence-electron chi connectivity index (χ1n) is 7.77. The molecule has 0 bridgehead atoms. The summed E-state index contributed by atoms with van der Waals surface area (Å²) < 4.78 is 17.2. The third kappa shape index (κ3) is 3.16. The first-order valence-corrected chi connectivity index (χ1v) is 10.1. The number of fused-ring (bicyclic) bond motifs is 1. The van der Waals surface area contributed by atoms with Crippen molar-refractivity contribution in [2.45, 2.75) is 44.8 Å².